The molecule has 1 aliphatic heterocycles. The maximum atomic E-state index is 12.5. The van der Waals surface area contributed by atoms with E-state index in [0.29, 0.717) is 12.5 Å². The van der Waals surface area contributed by atoms with Crippen molar-refractivity contribution in [3.63, 3.8) is 0 Å². The molecule has 0 radical (unpaired) electrons. The van der Waals surface area contributed by atoms with Crippen molar-refractivity contribution in [2.75, 3.05) is 19.6 Å². The van der Waals surface area contributed by atoms with Gasteiger partial charge in [-0.15, -0.1) is 24.2 Å². The van der Waals surface area contributed by atoms with Gasteiger partial charge in [-0.25, -0.2) is 0 Å². The highest BCUT2D eigenvalue weighted by Gasteiger charge is 2.25. The lowest BCUT2D eigenvalue weighted by Crippen LogP contribution is -2.29. The van der Waals surface area contributed by atoms with Crippen molar-refractivity contribution >= 4 is 30.1 Å². The molecule has 2 N–H and O–H groups in total. The molecule has 0 aliphatic carbocycles. The van der Waals surface area contributed by atoms with Crippen molar-refractivity contribution in [1.29, 1.82) is 0 Å². The van der Waals surface area contributed by atoms with Crippen molar-refractivity contribution in [3.05, 3.63) is 65.7 Å². The first-order valence-electron chi connectivity index (χ1n) is 8.02. The maximum Gasteiger partial charge on any atom is 0.253 e. The van der Waals surface area contributed by atoms with Gasteiger partial charge in [-0.1, -0.05) is 30.3 Å². The van der Waals surface area contributed by atoms with Crippen LogP contribution in [0.15, 0.2) is 59.5 Å². The molecule has 0 spiro atoms. The summed E-state index contributed by atoms with van der Waals surface area (Å²) in [7, 11) is 0. The van der Waals surface area contributed by atoms with Gasteiger partial charge in [0.25, 0.3) is 5.91 Å². The molecule has 24 heavy (non-hydrogen) atoms. The third kappa shape index (κ3) is 4.76. The van der Waals surface area contributed by atoms with Gasteiger partial charge in [-0.2, -0.15) is 0 Å². The second-order valence-electron chi connectivity index (χ2n) is 5.94. The quantitative estimate of drug-likeness (QED) is 0.822. The average molecular weight is 363 g/mol. The topological polar surface area (TPSA) is 46.3 Å². The van der Waals surface area contributed by atoms with E-state index in [1.54, 1.807) is 0 Å². The molecule has 1 fully saturated rings. The molecule has 0 saturated carbocycles. The number of nitrogens with two attached hydrogens (primary N) is 1. The Balaban J connectivity index is 0.00000208. The minimum absolute atomic E-state index is 0. The van der Waals surface area contributed by atoms with Crippen molar-refractivity contribution in [2.45, 2.75) is 17.1 Å². The third-order valence-electron chi connectivity index (χ3n) is 4.26. The van der Waals surface area contributed by atoms with Crippen LogP contribution in [0.25, 0.3) is 0 Å². The van der Waals surface area contributed by atoms with Crippen LogP contribution in [0.2, 0.25) is 0 Å². The smallest absolute Gasteiger partial charge is 0.253 e. The molecular formula is C19H23ClN2OS. The lowest BCUT2D eigenvalue weighted by molar-refractivity contribution is 0.0787. The predicted octanol–water partition coefficient (Wildman–Crippen LogP) is 3.82. The number of rotatable bonds is 5. The Kier molecular flexibility index (Phi) is 7.16. The molecule has 0 aromatic heterocycles. The SMILES string of the molecule is Cl.NCC1CCN(C(=O)c2ccc(CSc3ccccc3)cc2)C1. The molecule has 5 heteroatoms. The van der Waals surface area contributed by atoms with Crippen molar-refractivity contribution in [3.8, 4) is 0 Å². The van der Waals surface area contributed by atoms with Crippen LogP contribution in [0.4, 0.5) is 0 Å². The number of amides is 1. The number of hydrogen-bond donors (Lipinski definition) is 1. The first-order chi connectivity index (χ1) is 11.3. The van der Waals surface area contributed by atoms with Crippen LogP contribution in [-0.2, 0) is 5.75 Å². The minimum Gasteiger partial charge on any atom is -0.338 e. The predicted molar refractivity (Wildman–Crippen MR) is 103 cm³/mol. The van der Waals surface area contributed by atoms with Crippen LogP contribution in [0, 0.1) is 5.92 Å². The van der Waals surface area contributed by atoms with Gasteiger partial charge in [0, 0.05) is 29.3 Å². The first kappa shape index (κ1) is 18.8. The summed E-state index contributed by atoms with van der Waals surface area (Å²) in [4.78, 5) is 15.7. The average Bonchev–Trinajstić information content (AvgIpc) is 3.10. The number of hydrogen-bond acceptors (Lipinski definition) is 3. The van der Waals surface area contributed by atoms with Gasteiger partial charge in [0.1, 0.15) is 0 Å². The van der Waals surface area contributed by atoms with Gasteiger partial charge in [0.2, 0.25) is 0 Å². The zero-order chi connectivity index (χ0) is 16.1. The molecule has 2 aromatic carbocycles. The van der Waals surface area contributed by atoms with Crippen molar-refractivity contribution < 1.29 is 4.79 Å². The minimum atomic E-state index is 0. The number of thioether (sulfide) groups is 1. The van der Waals surface area contributed by atoms with E-state index in [2.05, 4.69) is 36.4 Å². The largest absolute Gasteiger partial charge is 0.338 e. The van der Waals surface area contributed by atoms with Crippen LogP contribution in [0.5, 0.6) is 0 Å². The van der Waals surface area contributed by atoms with E-state index < -0.39 is 0 Å². The molecular weight excluding hydrogens is 340 g/mol. The van der Waals surface area contributed by atoms with E-state index in [9.17, 15) is 4.79 Å². The zero-order valence-corrected chi connectivity index (χ0v) is 15.2. The highest BCUT2D eigenvalue weighted by Crippen LogP contribution is 2.23. The summed E-state index contributed by atoms with van der Waals surface area (Å²) in [6.45, 7) is 2.28. The van der Waals surface area contributed by atoms with E-state index >= 15 is 0 Å². The highest BCUT2D eigenvalue weighted by molar-refractivity contribution is 7.98. The van der Waals surface area contributed by atoms with Crippen LogP contribution in [0.3, 0.4) is 0 Å². The van der Waals surface area contributed by atoms with E-state index in [1.807, 2.05) is 34.9 Å². The molecule has 128 valence electrons. The Morgan fingerprint density at radius 3 is 2.46 bits per heavy atom. The molecule has 0 bridgehead atoms. The van der Waals surface area contributed by atoms with E-state index in [0.717, 1.165) is 30.8 Å². The summed E-state index contributed by atoms with van der Waals surface area (Å²) in [6.07, 6.45) is 1.02. The number of likely N-dealkylation sites (tertiary alicyclic amines) is 1. The van der Waals surface area contributed by atoms with E-state index in [-0.39, 0.29) is 18.3 Å². The normalized spacial score (nSPS) is 16.7. The summed E-state index contributed by atoms with van der Waals surface area (Å²) in [5.74, 6) is 1.50. The Labute approximate surface area is 154 Å². The second-order valence-corrected chi connectivity index (χ2v) is 6.99. The Hall–Kier alpha value is -1.49. The number of carbonyl (C=O) groups excluding carboxylic acids is 1. The Bertz CT molecular complexity index is 648. The standard InChI is InChI=1S/C19H22N2OS.ClH/c20-12-16-10-11-21(13-16)19(22)17-8-6-15(7-9-17)14-23-18-4-2-1-3-5-18;/h1-9,16H,10-14,20H2;1H. The summed E-state index contributed by atoms with van der Waals surface area (Å²) < 4.78 is 0. The fraction of sp³-hybridized carbons (Fsp3) is 0.316. The van der Waals surface area contributed by atoms with Gasteiger partial charge in [-0.05, 0) is 48.7 Å². The Morgan fingerprint density at radius 2 is 1.83 bits per heavy atom. The van der Waals surface area contributed by atoms with Gasteiger partial charge in [-0.3, -0.25) is 4.79 Å². The summed E-state index contributed by atoms with van der Waals surface area (Å²) in [5, 5.41) is 0. The molecule has 1 atom stereocenters. The number of halogens is 1. The lowest BCUT2D eigenvalue weighted by atomic mass is 10.1. The van der Waals surface area contributed by atoms with Gasteiger partial charge >= 0.3 is 0 Å². The molecule has 1 heterocycles. The summed E-state index contributed by atoms with van der Waals surface area (Å²) in [5.41, 5.74) is 7.70. The molecule has 1 saturated heterocycles. The molecule has 1 aliphatic rings. The monoisotopic (exact) mass is 362 g/mol. The van der Waals surface area contributed by atoms with Crippen molar-refractivity contribution in [2.24, 2.45) is 11.7 Å². The fourth-order valence-corrected chi connectivity index (χ4v) is 3.69. The summed E-state index contributed by atoms with van der Waals surface area (Å²) >= 11 is 1.81. The van der Waals surface area contributed by atoms with Crippen molar-refractivity contribution in [1.82, 2.24) is 4.90 Å². The van der Waals surface area contributed by atoms with E-state index in [1.165, 1.54) is 10.5 Å². The van der Waals surface area contributed by atoms with Crippen LogP contribution in [0.1, 0.15) is 22.3 Å². The molecule has 2 aromatic rings. The molecule has 1 unspecified atom stereocenters. The second kappa shape index (κ2) is 9.11. The number of nitrogens with zero attached hydrogens (tertiary/aromatic N) is 1. The third-order valence-corrected chi connectivity index (χ3v) is 5.34. The molecule has 3 nitrogen and oxygen atoms in total. The first-order valence-corrected chi connectivity index (χ1v) is 9.01. The number of benzene rings is 2. The molecule has 1 amide bonds. The molecule has 3 rings (SSSR count). The van der Waals surface area contributed by atoms with Crippen LogP contribution < -0.4 is 5.73 Å². The maximum absolute atomic E-state index is 12.5. The van der Waals surface area contributed by atoms with E-state index in [4.69, 9.17) is 5.73 Å². The fourth-order valence-electron chi connectivity index (χ4n) is 2.82. The lowest BCUT2D eigenvalue weighted by Gasteiger charge is -2.16. The zero-order valence-electron chi connectivity index (χ0n) is 13.6. The van der Waals surface area contributed by atoms with Gasteiger partial charge in [0.15, 0.2) is 0 Å². The van der Waals surface area contributed by atoms with Crippen LogP contribution in [-0.4, -0.2) is 30.4 Å². The summed E-state index contributed by atoms with van der Waals surface area (Å²) in [6, 6.07) is 18.4. The highest BCUT2D eigenvalue weighted by atomic mass is 35.5. The van der Waals surface area contributed by atoms with Gasteiger partial charge in [0.05, 0.1) is 0 Å². The van der Waals surface area contributed by atoms with Crippen LogP contribution >= 0.6 is 24.2 Å². The van der Waals surface area contributed by atoms with Gasteiger partial charge < -0.3 is 10.6 Å². The Morgan fingerprint density at radius 1 is 1.12 bits per heavy atom. The number of carbonyl (C=O) groups is 1.